The number of rotatable bonds is 11. The van der Waals surface area contributed by atoms with Crippen LogP contribution in [0.3, 0.4) is 0 Å². The van der Waals surface area contributed by atoms with Gasteiger partial charge >= 0.3 is 0 Å². The molecule has 1 amide bonds. The van der Waals surface area contributed by atoms with E-state index < -0.39 is 0 Å². The fourth-order valence-corrected chi connectivity index (χ4v) is 4.12. The van der Waals surface area contributed by atoms with Gasteiger partial charge in [0.05, 0.1) is 26.9 Å². The van der Waals surface area contributed by atoms with Crippen molar-refractivity contribution < 1.29 is 19.0 Å². The maximum atomic E-state index is 13.0. The first-order valence-corrected chi connectivity index (χ1v) is 12.0. The van der Waals surface area contributed by atoms with E-state index in [0.717, 1.165) is 29.2 Å². The number of amides is 1. The highest BCUT2D eigenvalue weighted by Gasteiger charge is 2.20. The topological polar surface area (TPSA) is 89.4 Å². The Kier molecular flexibility index (Phi) is 8.15. The van der Waals surface area contributed by atoms with E-state index in [1.807, 2.05) is 78.1 Å². The molecular weight excluding hydrogens is 470 g/mol. The number of nitrogens with one attached hydrogen (secondary N) is 2. The first-order valence-electron chi connectivity index (χ1n) is 12.0. The Morgan fingerprint density at radius 2 is 1.68 bits per heavy atom. The van der Waals surface area contributed by atoms with Crippen molar-refractivity contribution in [2.45, 2.75) is 6.54 Å². The number of hydrogen-bond acceptors (Lipinski definition) is 7. The quantitative estimate of drug-likeness (QED) is 0.321. The highest BCUT2D eigenvalue weighted by molar-refractivity contribution is 6.00. The van der Waals surface area contributed by atoms with Gasteiger partial charge in [0.2, 0.25) is 5.75 Å². The van der Waals surface area contributed by atoms with Gasteiger partial charge in [0.25, 0.3) is 5.91 Å². The molecule has 0 fully saturated rings. The minimum atomic E-state index is -0.159. The number of hydrogen-bond donors (Lipinski definition) is 2. The fourth-order valence-electron chi connectivity index (χ4n) is 4.12. The smallest absolute Gasteiger partial charge is 0.255 e. The van der Waals surface area contributed by atoms with E-state index in [4.69, 9.17) is 19.2 Å². The summed E-state index contributed by atoms with van der Waals surface area (Å²) < 4.78 is 18.4. The molecule has 0 saturated carbocycles. The molecule has 2 N–H and O–H groups in total. The summed E-state index contributed by atoms with van der Waals surface area (Å²) in [6.07, 6.45) is 1.91. The Hall–Kier alpha value is -4.24. The number of aromatic nitrogens is 2. The molecule has 194 valence electrons. The van der Waals surface area contributed by atoms with E-state index in [1.165, 1.54) is 0 Å². The normalized spacial score (nSPS) is 11.0. The number of nitrogens with zero attached hydrogens (tertiary/aromatic N) is 3. The third kappa shape index (κ3) is 5.62. The Balaban J connectivity index is 1.73. The second-order valence-electron chi connectivity index (χ2n) is 8.74. The van der Waals surface area contributed by atoms with Crippen LogP contribution in [0.1, 0.15) is 15.9 Å². The predicted octanol–water partition coefficient (Wildman–Crippen LogP) is 3.93. The van der Waals surface area contributed by atoms with Crippen molar-refractivity contribution in [2.24, 2.45) is 0 Å². The van der Waals surface area contributed by atoms with Crippen LogP contribution in [0, 0.1) is 0 Å². The summed E-state index contributed by atoms with van der Waals surface area (Å²) in [7, 11) is 8.71. The van der Waals surface area contributed by atoms with Crippen molar-refractivity contribution in [2.75, 3.05) is 53.8 Å². The molecule has 0 bridgehead atoms. The van der Waals surface area contributed by atoms with Crippen molar-refractivity contribution in [1.29, 1.82) is 0 Å². The summed E-state index contributed by atoms with van der Waals surface area (Å²) in [6, 6.07) is 17.4. The van der Waals surface area contributed by atoms with Gasteiger partial charge in [-0.15, -0.1) is 0 Å². The van der Waals surface area contributed by atoms with Crippen LogP contribution in [0.2, 0.25) is 0 Å². The summed E-state index contributed by atoms with van der Waals surface area (Å²) in [6.45, 7) is 1.76. The SMILES string of the molecule is COc1cc(CNc2c(-c3ccccc3)nc3c(C(=O)NCCN(C)C)cccn23)cc(OC)c1OC. The number of carbonyl (C=O) groups excluding carboxylic acids is 1. The molecule has 0 aliphatic carbocycles. The number of anilines is 1. The second-order valence-corrected chi connectivity index (χ2v) is 8.74. The van der Waals surface area contributed by atoms with Crippen LogP contribution >= 0.6 is 0 Å². The largest absolute Gasteiger partial charge is 0.493 e. The first-order chi connectivity index (χ1) is 18.0. The second kappa shape index (κ2) is 11.7. The lowest BCUT2D eigenvalue weighted by Crippen LogP contribution is -2.31. The number of imidazole rings is 1. The third-order valence-corrected chi connectivity index (χ3v) is 5.97. The van der Waals surface area contributed by atoms with Crippen LogP contribution in [0.4, 0.5) is 5.82 Å². The van der Waals surface area contributed by atoms with Gasteiger partial charge in [0, 0.05) is 31.4 Å². The Morgan fingerprint density at radius 1 is 0.973 bits per heavy atom. The summed E-state index contributed by atoms with van der Waals surface area (Å²) in [5, 5.41) is 6.52. The third-order valence-electron chi connectivity index (χ3n) is 5.97. The summed E-state index contributed by atoms with van der Waals surface area (Å²) in [4.78, 5) is 20.0. The van der Waals surface area contributed by atoms with Crippen molar-refractivity contribution in [3.05, 3.63) is 71.9 Å². The highest BCUT2D eigenvalue weighted by atomic mass is 16.5. The van der Waals surface area contributed by atoms with Crippen molar-refractivity contribution in [3.8, 4) is 28.5 Å². The molecule has 0 radical (unpaired) electrons. The van der Waals surface area contributed by atoms with E-state index >= 15 is 0 Å². The first kappa shape index (κ1) is 25.8. The van der Waals surface area contributed by atoms with Crippen LogP contribution in [0.25, 0.3) is 16.9 Å². The number of methoxy groups -OCH3 is 3. The molecule has 0 atom stereocenters. The molecule has 0 spiro atoms. The molecular formula is C28H33N5O4. The Bertz CT molecular complexity index is 1340. The zero-order valence-corrected chi connectivity index (χ0v) is 21.9. The zero-order valence-electron chi connectivity index (χ0n) is 21.9. The molecule has 0 saturated heterocycles. The molecule has 9 nitrogen and oxygen atoms in total. The van der Waals surface area contributed by atoms with Gasteiger partial charge in [-0.25, -0.2) is 4.98 Å². The molecule has 2 aromatic heterocycles. The number of carbonyl (C=O) groups is 1. The van der Waals surface area contributed by atoms with Crippen molar-refractivity contribution >= 4 is 17.4 Å². The van der Waals surface area contributed by atoms with Gasteiger partial charge in [-0.3, -0.25) is 9.20 Å². The number of ether oxygens (including phenoxy) is 3. The standard InChI is InChI=1S/C28H33N5O4/c1-32(2)15-13-29-28(34)21-12-9-14-33-26(21)31-24(20-10-7-6-8-11-20)27(33)30-18-19-16-22(35-3)25(37-5)23(17-19)36-4/h6-12,14,16-17,30H,13,15,18H2,1-5H3,(H,29,34). The van der Waals surface area contributed by atoms with Crippen LogP contribution in [0.15, 0.2) is 60.8 Å². The molecule has 4 rings (SSSR count). The van der Waals surface area contributed by atoms with Gasteiger partial charge in [0.1, 0.15) is 11.5 Å². The maximum absolute atomic E-state index is 13.0. The average molecular weight is 504 g/mol. The van der Waals surface area contributed by atoms with Crippen LogP contribution in [-0.2, 0) is 6.54 Å². The highest BCUT2D eigenvalue weighted by Crippen LogP contribution is 2.38. The average Bonchev–Trinajstić information content (AvgIpc) is 3.30. The molecule has 0 aliphatic rings. The van der Waals surface area contributed by atoms with E-state index in [2.05, 4.69) is 10.6 Å². The minimum Gasteiger partial charge on any atom is -0.493 e. The fraction of sp³-hybridized carbons (Fsp3) is 0.286. The lowest BCUT2D eigenvalue weighted by Gasteiger charge is -2.15. The molecule has 2 heterocycles. The van der Waals surface area contributed by atoms with E-state index in [-0.39, 0.29) is 5.91 Å². The monoisotopic (exact) mass is 503 g/mol. The van der Waals surface area contributed by atoms with Gasteiger partial charge in [0.15, 0.2) is 17.1 Å². The van der Waals surface area contributed by atoms with Crippen LogP contribution in [-0.4, -0.2) is 68.7 Å². The molecule has 4 aromatic rings. The molecule has 0 aliphatic heterocycles. The van der Waals surface area contributed by atoms with Gasteiger partial charge in [-0.05, 0) is 43.9 Å². The predicted molar refractivity (Wildman–Crippen MR) is 145 cm³/mol. The van der Waals surface area contributed by atoms with Crippen molar-refractivity contribution in [1.82, 2.24) is 19.6 Å². The number of pyridine rings is 1. The lowest BCUT2D eigenvalue weighted by molar-refractivity contribution is 0.0952. The molecule has 37 heavy (non-hydrogen) atoms. The maximum Gasteiger partial charge on any atom is 0.255 e. The van der Waals surface area contributed by atoms with E-state index in [9.17, 15) is 4.79 Å². The van der Waals surface area contributed by atoms with E-state index in [1.54, 1.807) is 27.4 Å². The molecule has 9 heteroatoms. The Labute approximate surface area is 217 Å². The number of likely N-dealkylation sites (N-methyl/N-ethyl adjacent to an activating group) is 1. The summed E-state index contributed by atoms with van der Waals surface area (Å²) in [5.74, 6) is 2.32. The van der Waals surface area contributed by atoms with Crippen molar-refractivity contribution in [3.63, 3.8) is 0 Å². The van der Waals surface area contributed by atoms with Gasteiger partial charge < -0.3 is 29.7 Å². The lowest BCUT2D eigenvalue weighted by atomic mass is 10.1. The number of benzene rings is 2. The van der Waals surface area contributed by atoms with E-state index in [0.29, 0.717) is 41.5 Å². The number of fused-ring (bicyclic) bond motifs is 1. The van der Waals surface area contributed by atoms with Gasteiger partial charge in [-0.1, -0.05) is 30.3 Å². The molecule has 2 aromatic carbocycles. The Morgan fingerprint density at radius 3 is 2.30 bits per heavy atom. The molecule has 0 unspecified atom stereocenters. The van der Waals surface area contributed by atoms with Gasteiger partial charge in [-0.2, -0.15) is 0 Å². The van der Waals surface area contributed by atoms with Crippen LogP contribution in [0.5, 0.6) is 17.2 Å². The zero-order chi connectivity index (χ0) is 26.4. The summed E-state index contributed by atoms with van der Waals surface area (Å²) >= 11 is 0. The minimum absolute atomic E-state index is 0.159. The summed E-state index contributed by atoms with van der Waals surface area (Å²) in [5.41, 5.74) is 3.72. The van der Waals surface area contributed by atoms with Crippen LogP contribution < -0.4 is 24.8 Å².